The SMILES string of the molecule is CCNc1cnc(C(=O)Nc2ccccc2F)cn1. The van der Waals surface area contributed by atoms with Gasteiger partial charge in [-0.1, -0.05) is 12.1 Å². The van der Waals surface area contributed by atoms with Gasteiger partial charge in [0, 0.05) is 6.54 Å². The number of anilines is 2. The molecule has 0 fully saturated rings. The van der Waals surface area contributed by atoms with Crippen LogP contribution in [0.25, 0.3) is 0 Å². The average molecular weight is 260 g/mol. The minimum absolute atomic E-state index is 0.116. The molecule has 2 aromatic rings. The summed E-state index contributed by atoms with van der Waals surface area (Å²) in [5.74, 6) is -0.404. The zero-order valence-corrected chi connectivity index (χ0v) is 10.4. The molecule has 0 aliphatic rings. The van der Waals surface area contributed by atoms with Crippen molar-refractivity contribution in [3.63, 3.8) is 0 Å². The number of hydrogen-bond acceptors (Lipinski definition) is 4. The fourth-order valence-electron chi connectivity index (χ4n) is 1.47. The van der Waals surface area contributed by atoms with E-state index in [9.17, 15) is 9.18 Å². The van der Waals surface area contributed by atoms with Crippen molar-refractivity contribution < 1.29 is 9.18 Å². The lowest BCUT2D eigenvalue weighted by Gasteiger charge is -2.06. The van der Waals surface area contributed by atoms with Crippen molar-refractivity contribution in [2.24, 2.45) is 0 Å². The molecule has 1 aromatic heterocycles. The molecule has 1 amide bonds. The predicted octanol–water partition coefficient (Wildman–Crippen LogP) is 2.30. The Labute approximate surface area is 109 Å². The highest BCUT2D eigenvalue weighted by Crippen LogP contribution is 2.13. The number of hydrogen-bond donors (Lipinski definition) is 2. The minimum atomic E-state index is -0.499. The van der Waals surface area contributed by atoms with E-state index < -0.39 is 11.7 Å². The molecule has 6 heteroatoms. The van der Waals surface area contributed by atoms with E-state index in [0.717, 1.165) is 6.54 Å². The smallest absolute Gasteiger partial charge is 0.275 e. The molecular weight excluding hydrogens is 247 g/mol. The van der Waals surface area contributed by atoms with Crippen LogP contribution < -0.4 is 10.6 Å². The maximum Gasteiger partial charge on any atom is 0.275 e. The van der Waals surface area contributed by atoms with E-state index in [2.05, 4.69) is 20.6 Å². The van der Waals surface area contributed by atoms with Crippen molar-refractivity contribution in [2.75, 3.05) is 17.2 Å². The molecule has 1 aromatic carbocycles. The van der Waals surface area contributed by atoms with Gasteiger partial charge in [-0.15, -0.1) is 0 Å². The standard InChI is InChI=1S/C13H13FN4O/c1-2-15-12-8-16-11(7-17-12)13(19)18-10-6-4-3-5-9(10)14/h3-8H,2H2,1H3,(H,15,17)(H,18,19). The van der Waals surface area contributed by atoms with Gasteiger partial charge in [0.05, 0.1) is 18.1 Å². The first-order valence-electron chi connectivity index (χ1n) is 5.82. The zero-order valence-electron chi connectivity index (χ0n) is 10.4. The number of halogens is 1. The van der Waals surface area contributed by atoms with Crippen LogP contribution in [0.15, 0.2) is 36.7 Å². The van der Waals surface area contributed by atoms with Crippen LogP contribution in [0, 0.1) is 5.82 Å². The second kappa shape index (κ2) is 5.90. The number of benzene rings is 1. The Kier molecular flexibility index (Phi) is 4.02. The Bertz CT molecular complexity index is 571. The van der Waals surface area contributed by atoms with Crippen LogP contribution in [0.3, 0.4) is 0 Å². The summed E-state index contributed by atoms with van der Waals surface area (Å²) < 4.78 is 13.4. The number of carbonyl (C=O) groups excluding carboxylic acids is 1. The molecule has 2 N–H and O–H groups in total. The number of rotatable bonds is 4. The highest BCUT2D eigenvalue weighted by Gasteiger charge is 2.10. The second-order valence-electron chi connectivity index (χ2n) is 3.75. The zero-order chi connectivity index (χ0) is 13.7. The lowest BCUT2D eigenvalue weighted by molar-refractivity contribution is 0.102. The van der Waals surface area contributed by atoms with E-state index in [4.69, 9.17) is 0 Å². The Hall–Kier alpha value is -2.50. The number of para-hydroxylation sites is 1. The van der Waals surface area contributed by atoms with Gasteiger partial charge < -0.3 is 10.6 Å². The lowest BCUT2D eigenvalue weighted by Crippen LogP contribution is -2.15. The lowest BCUT2D eigenvalue weighted by atomic mass is 10.3. The summed E-state index contributed by atoms with van der Waals surface area (Å²) in [6, 6.07) is 5.94. The Balaban J connectivity index is 2.10. The van der Waals surface area contributed by atoms with Crippen LogP contribution in [0.4, 0.5) is 15.9 Å². The fraction of sp³-hybridized carbons (Fsp3) is 0.154. The summed E-state index contributed by atoms with van der Waals surface area (Å²) in [6.45, 7) is 2.65. The summed E-state index contributed by atoms with van der Waals surface area (Å²) in [4.78, 5) is 19.8. The van der Waals surface area contributed by atoms with Crippen LogP contribution in [-0.4, -0.2) is 22.4 Å². The third kappa shape index (κ3) is 3.25. The van der Waals surface area contributed by atoms with Gasteiger partial charge in [-0.3, -0.25) is 4.79 Å². The monoisotopic (exact) mass is 260 g/mol. The normalized spacial score (nSPS) is 10.0. The van der Waals surface area contributed by atoms with E-state index in [1.165, 1.54) is 24.5 Å². The Morgan fingerprint density at radius 2 is 2.05 bits per heavy atom. The molecule has 19 heavy (non-hydrogen) atoms. The maximum absolute atomic E-state index is 13.4. The molecule has 1 heterocycles. The van der Waals surface area contributed by atoms with Crippen LogP contribution >= 0.6 is 0 Å². The van der Waals surface area contributed by atoms with E-state index >= 15 is 0 Å². The van der Waals surface area contributed by atoms with Crippen molar-refractivity contribution in [2.45, 2.75) is 6.92 Å². The van der Waals surface area contributed by atoms with Crippen molar-refractivity contribution in [1.29, 1.82) is 0 Å². The van der Waals surface area contributed by atoms with Gasteiger partial charge in [0.15, 0.2) is 0 Å². The summed E-state index contributed by atoms with van der Waals surface area (Å²) >= 11 is 0. The number of carbonyl (C=O) groups is 1. The first-order chi connectivity index (χ1) is 9.20. The van der Waals surface area contributed by atoms with Gasteiger partial charge >= 0.3 is 0 Å². The van der Waals surface area contributed by atoms with Crippen molar-refractivity contribution in [1.82, 2.24) is 9.97 Å². The van der Waals surface area contributed by atoms with E-state index in [-0.39, 0.29) is 11.4 Å². The first kappa shape index (κ1) is 12.9. The fourth-order valence-corrected chi connectivity index (χ4v) is 1.47. The van der Waals surface area contributed by atoms with Crippen LogP contribution in [0.2, 0.25) is 0 Å². The summed E-state index contributed by atoms with van der Waals surface area (Å²) in [5.41, 5.74) is 0.245. The third-order valence-electron chi connectivity index (χ3n) is 2.36. The molecule has 0 atom stereocenters. The minimum Gasteiger partial charge on any atom is -0.369 e. The molecule has 98 valence electrons. The highest BCUT2D eigenvalue weighted by molar-refractivity contribution is 6.02. The van der Waals surface area contributed by atoms with Gasteiger partial charge in [-0.25, -0.2) is 14.4 Å². The van der Waals surface area contributed by atoms with Gasteiger partial charge in [0.25, 0.3) is 5.91 Å². The van der Waals surface area contributed by atoms with Gasteiger partial charge in [0.2, 0.25) is 0 Å². The van der Waals surface area contributed by atoms with E-state index in [1.54, 1.807) is 12.1 Å². The quantitative estimate of drug-likeness (QED) is 0.885. The summed E-state index contributed by atoms with van der Waals surface area (Å²) in [6.07, 6.45) is 2.80. The molecule has 2 rings (SSSR count). The topological polar surface area (TPSA) is 66.9 Å². The van der Waals surface area contributed by atoms with Crippen LogP contribution in [-0.2, 0) is 0 Å². The molecule has 0 saturated carbocycles. The number of aromatic nitrogens is 2. The summed E-state index contributed by atoms with van der Waals surface area (Å²) in [5, 5.41) is 5.41. The largest absolute Gasteiger partial charge is 0.369 e. The molecule has 0 aliphatic heterocycles. The van der Waals surface area contributed by atoms with Crippen molar-refractivity contribution in [3.05, 3.63) is 48.2 Å². The predicted molar refractivity (Wildman–Crippen MR) is 70.5 cm³/mol. The average Bonchev–Trinajstić information content (AvgIpc) is 2.42. The van der Waals surface area contributed by atoms with Gasteiger partial charge in [0.1, 0.15) is 17.3 Å². The molecular formula is C13H13FN4O. The Morgan fingerprint density at radius 1 is 1.26 bits per heavy atom. The first-order valence-corrected chi connectivity index (χ1v) is 5.82. The van der Waals surface area contributed by atoms with Crippen molar-refractivity contribution in [3.8, 4) is 0 Å². The van der Waals surface area contributed by atoms with Crippen LogP contribution in [0.1, 0.15) is 17.4 Å². The van der Waals surface area contributed by atoms with Gasteiger partial charge in [-0.2, -0.15) is 0 Å². The summed E-state index contributed by atoms with van der Waals surface area (Å²) in [7, 11) is 0. The molecule has 0 bridgehead atoms. The molecule has 0 aliphatic carbocycles. The molecule has 0 spiro atoms. The number of amides is 1. The second-order valence-corrected chi connectivity index (χ2v) is 3.75. The number of nitrogens with one attached hydrogen (secondary N) is 2. The maximum atomic E-state index is 13.4. The molecule has 5 nitrogen and oxygen atoms in total. The molecule has 0 radical (unpaired) electrons. The van der Waals surface area contributed by atoms with Crippen molar-refractivity contribution >= 4 is 17.4 Å². The van der Waals surface area contributed by atoms with E-state index in [1.807, 2.05) is 6.92 Å². The number of nitrogens with zero attached hydrogens (tertiary/aromatic N) is 2. The molecule has 0 unspecified atom stereocenters. The highest BCUT2D eigenvalue weighted by atomic mass is 19.1. The van der Waals surface area contributed by atoms with Gasteiger partial charge in [-0.05, 0) is 19.1 Å². The molecule has 0 saturated heterocycles. The van der Waals surface area contributed by atoms with Crippen LogP contribution in [0.5, 0.6) is 0 Å². The Morgan fingerprint density at radius 3 is 2.68 bits per heavy atom. The third-order valence-corrected chi connectivity index (χ3v) is 2.36. The van der Waals surface area contributed by atoms with E-state index in [0.29, 0.717) is 5.82 Å².